The molecule has 0 bridgehead atoms. The fraction of sp³-hybridized carbons (Fsp3) is 0.100. The molecule has 7 heteroatoms. The maximum Gasteiger partial charge on any atom is 0.408 e. The van der Waals surface area contributed by atoms with Gasteiger partial charge in [0.15, 0.2) is 6.04 Å². The van der Waals surface area contributed by atoms with E-state index in [4.69, 9.17) is 9.47 Å². The van der Waals surface area contributed by atoms with Gasteiger partial charge in [0.25, 0.3) is 0 Å². The van der Waals surface area contributed by atoms with E-state index in [9.17, 15) is 9.59 Å². The summed E-state index contributed by atoms with van der Waals surface area (Å²) in [5.41, 5.74) is 6.61. The van der Waals surface area contributed by atoms with Crippen LogP contribution in [0.5, 0.6) is 5.75 Å². The lowest BCUT2D eigenvalue weighted by molar-refractivity contribution is -0.136. The molecule has 0 unspecified atom stereocenters. The predicted molar refractivity (Wildman–Crippen MR) is 139 cm³/mol. The average Bonchev–Trinajstić information content (AvgIpc) is 3.53. The molecular weight excluding hydrogens is 466 g/mol. The normalized spacial score (nSPS) is 13.0. The zero-order valence-electron chi connectivity index (χ0n) is 19.8. The Morgan fingerprint density at radius 3 is 2.27 bits per heavy atom. The minimum atomic E-state index is -1.05. The van der Waals surface area contributed by atoms with Gasteiger partial charge < -0.3 is 19.8 Å². The number of amides is 1. The Bertz CT molecular complexity index is 1550. The van der Waals surface area contributed by atoms with Crippen LogP contribution in [-0.2, 0) is 9.53 Å². The third-order valence-electron chi connectivity index (χ3n) is 6.58. The number of carbonyl (C=O) groups is 2. The number of benzene rings is 4. The highest BCUT2D eigenvalue weighted by molar-refractivity contribution is 5.85. The lowest BCUT2D eigenvalue weighted by Crippen LogP contribution is -2.37. The quantitative estimate of drug-likeness (QED) is 0.234. The van der Waals surface area contributed by atoms with E-state index in [1.807, 2.05) is 30.3 Å². The number of esters is 1. The Morgan fingerprint density at radius 2 is 1.54 bits per heavy atom. The lowest BCUT2D eigenvalue weighted by atomic mass is 9.98. The summed E-state index contributed by atoms with van der Waals surface area (Å²) in [6.45, 7) is 0.146. The standard InChI is InChI=1S/C30H23N3O4/c34-29(37-20-14-15-26-27(16-20)32-18-31-26)28(19-8-2-1-3-9-19)33-30(35)36-17-25-23-12-6-4-10-21(23)22-11-5-7-13-24(22)25/h1-16,18,25,28H,17H2,(H,31,32)(H,33,35)/t28-/m0/s1. The molecule has 1 amide bonds. The smallest absolute Gasteiger partial charge is 0.408 e. The maximum absolute atomic E-state index is 13.2. The molecule has 182 valence electrons. The molecule has 1 aliphatic rings. The number of ether oxygens (including phenoxy) is 2. The molecule has 4 aromatic carbocycles. The summed E-state index contributed by atoms with van der Waals surface area (Å²) < 4.78 is 11.3. The molecule has 0 radical (unpaired) electrons. The number of H-pyrrole nitrogens is 1. The predicted octanol–water partition coefficient (Wildman–Crippen LogP) is 5.75. The second-order valence-corrected chi connectivity index (χ2v) is 8.82. The third kappa shape index (κ3) is 4.43. The molecule has 2 N–H and O–H groups in total. The second kappa shape index (κ2) is 9.62. The van der Waals surface area contributed by atoms with Gasteiger partial charge in [-0.25, -0.2) is 14.6 Å². The second-order valence-electron chi connectivity index (χ2n) is 8.82. The van der Waals surface area contributed by atoms with Crippen LogP contribution in [0.4, 0.5) is 4.79 Å². The first-order valence-electron chi connectivity index (χ1n) is 12.0. The van der Waals surface area contributed by atoms with Gasteiger partial charge in [0.2, 0.25) is 0 Å². The first kappa shape index (κ1) is 22.5. The number of alkyl carbamates (subject to hydrolysis) is 1. The topological polar surface area (TPSA) is 93.3 Å². The average molecular weight is 490 g/mol. The highest BCUT2D eigenvalue weighted by atomic mass is 16.6. The van der Waals surface area contributed by atoms with Gasteiger partial charge in [0, 0.05) is 12.0 Å². The van der Waals surface area contributed by atoms with Crippen molar-refractivity contribution in [3.05, 3.63) is 120 Å². The van der Waals surface area contributed by atoms with Gasteiger partial charge in [-0.05, 0) is 39.9 Å². The maximum atomic E-state index is 13.2. The van der Waals surface area contributed by atoms with Gasteiger partial charge in [-0.2, -0.15) is 0 Å². The number of nitrogens with one attached hydrogen (secondary N) is 2. The van der Waals surface area contributed by atoms with Crippen LogP contribution in [0, 0.1) is 0 Å². The first-order chi connectivity index (χ1) is 18.2. The van der Waals surface area contributed by atoms with Gasteiger partial charge in [0.05, 0.1) is 17.4 Å². The fourth-order valence-corrected chi connectivity index (χ4v) is 4.84. The summed E-state index contributed by atoms with van der Waals surface area (Å²) in [5.74, 6) is -0.364. The number of nitrogens with zero attached hydrogens (tertiary/aromatic N) is 1. The minimum Gasteiger partial charge on any atom is -0.449 e. The van der Waals surface area contributed by atoms with Crippen LogP contribution in [0.15, 0.2) is 103 Å². The van der Waals surface area contributed by atoms with Crippen LogP contribution < -0.4 is 10.1 Å². The van der Waals surface area contributed by atoms with Crippen molar-refractivity contribution in [3.8, 4) is 16.9 Å². The molecule has 1 aliphatic carbocycles. The molecule has 0 spiro atoms. The Balaban J connectivity index is 1.19. The number of aromatic amines is 1. The highest BCUT2D eigenvalue weighted by Crippen LogP contribution is 2.44. The highest BCUT2D eigenvalue weighted by Gasteiger charge is 2.30. The number of hydrogen-bond acceptors (Lipinski definition) is 5. The van der Waals surface area contributed by atoms with Gasteiger partial charge in [-0.3, -0.25) is 0 Å². The molecule has 6 rings (SSSR count). The van der Waals surface area contributed by atoms with Gasteiger partial charge in [-0.15, -0.1) is 0 Å². The molecule has 0 aliphatic heterocycles. The lowest BCUT2D eigenvalue weighted by Gasteiger charge is -2.19. The zero-order valence-corrected chi connectivity index (χ0v) is 19.8. The number of aromatic nitrogens is 2. The van der Waals surface area contributed by atoms with E-state index >= 15 is 0 Å². The van der Waals surface area contributed by atoms with Crippen molar-refractivity contribution in [1.82, 2.24) is 15.3 Å². The summed E-state index contributed by atoms with van der Waals surface area (Å²) in [5, 5.41) is 2.70. The summed E-state index contributed by atoms with van der Waals surface area (Å²) >= 11 is 0. The Labute approximate surface area is 213 Å². The molecule has 7 nitrogen and oxygen atoms in total. The molecule has 1 heterocycles. The summed E-state index contributed by atoms with van der Waals surface area (Å²) in [4.78, 5) is 33.3. The van der Waals surface area contributed by atoms with E-state index in [1.54, 1.807) is 48.8 Å². The molecule has 37 heavy (non-hydrogen) atoms. The van der Waals surface area contributed by atoms with Crippen molar-refractivity contribution >= 4 is 23.1 Å². The van der Waals surface area contributed by atoms with E-state index in [2.05, 4.69) is 39.6 Å². The fourth-order valence-electron chi connectivity index (χ4n) is 4.84. The molecule has 5 aromatic rings. The molecule has 0 saturated heterocycles. The van der Waals surface area contributed by atoms with Crippen molar-refractivity contribution in [3.63, 3.8) is 0 Å². The van der Waals surface area contributed by atoms with Gasteiger partial charge >= 0.3 is 12.1 Å². The van der Waals surface area contributed by atoms with Crippen LogP contribution in [0.25, 0.3) is 22.2 Å². The summed E-state index contributed by atoms with van der Waals surface area (Å²) in [6, 6.07) is 29.3. The van der Waals surface area contributed by atoms with Gasteiger partial charge in [-0.1, -0.05) is 78.9 Å². The van der Waals surface area contributed by atoms with Crippen LogP contribution in [0.2, 0.25) is 0 Å². The Morgan fingerprint density at radius 1 is 0.865 bits per heavy atom. The van der Waals surface area contributed by atoms with E-state index in [1.165, 1.54) is 0 Å². The number of imidazole rings is 1. The number of fused-ring (bicyclic) bond motifs is 4. The van der Waals surface area contributed by atoms with E-state index in [-0.39, 0.29) is 12.5 Å². The largest absolute Gasteiger partial charge is 0.449 e. The molecule has 0 saturated carbocycles. The molecule has 1 atom stereocenters. The number of hydrogen-bond donors (Lipinski definition) is 2. The molecular formula is C30H23N3O4. The Hall–Kier alpha value is -4.91. The van der Waals surface area contributed by atoms with Gasteiger partial charge in [0.1, 0.15) is 12.4 Å². The van der Waals surface area contributed by atoms with E-state index in [0.717, 1.165) is 33.3 Å². The summed E-state index contributed by atoms with van der Waals surface area (Å²) in [7, 11) is 0. The number of rotatable bonds is 6. The van der Waals surface area contributed by atoms with Crippen molar-refractivity contribution in [2.45, 2.75) is 12.0 Å². The summed E-state index contributed by atoms with van der Waals surface area (Å²) in [6.07, 6.45) is 0.874. The van der Waals surface area contributed by atoms with Crippen LogP contribution in [0.1, 0.15) is 28.7 Å². The van der Waals surface area contributed by atoms with E-state index < -0.39 is 18.1 Å². The Kier molecular flexibility index (Phi) is 5.86. The minimum absolute atomic E-state index is 0.0820. The van der Waals surface area contributed by atoms with E-state index in [0.29, 0.717) is 11.3 Å². The first-order valence-corrected chi connectivity index (χ1v) is 12.0. The van der Waals surface area contributed by atoms with Crippen LogP contribution in [-0.4, -0.2) is 28.6 Å². The zero-order chi connectivity index (χ0) is 25.2. The SMILES string of the molecule is O=C(N[C@H](C(=O)Oc1ccc2nc[nH]c2c1)c1ccccc1)OCC1c2ccccc2-c2ccccc21. The van der Waals surface area contributed by atoms with Crippen molar-refractivity contribution in [2.75, 3.05) is 6.61 Å². The molecule has 0 fully saturated rings. The van der Waals surface area contributed by atoms with Crippen molar-refractivity contribution in [2.24, 2.45) is 0 Å². The van der Waals surface area contributed by atoms with Crippen molar-refractivity contribution < 1.29 is 19.1 Å². The monoisotopic (exact) mass is 489 g/mol. The van der Waals surface area contributed by atoms with Crippen LogP contribution >= 0.6 is 0 Å². The van der Waals surface area contributed by atoms with Crippen molar-refractivity contribution in [1.29, 1.82) is 0 Å². The molecule has 1 aromatic heterocycles. The number of carbonyl (C=O) groups excluding carboxylic acids is 2. The van der Waals surface area contributed by atoms with Crippen LogP contribution in [0.3, 0.4) is 0 Å². The third-order valence-corrected chi connectivity index (χ3v) is 6.58.